The molecule has 1 N–H and O–H groups in total. The Bertz CT molecular complexity index is 125. The molecule has 0 rings (SSSR count). The molecule has 1 atom stereocenters. The van der Waals surface area contributed by atoms with Crippen LogP contribution in [0.3, 0.4) is 0 Å². The predicted molar refractivity (Wildman–Crippen MR) is 26.0 cm³/mol. The van der Waals surface area contributed by atoms with Crippen LogP contribution in [0, 0.1) is 12.3 Å². The van der Waals surface area contributed by atoms with Gasteiger partial charge in [0.15, 0.2) is 0 Å². The number of hydrogen-bond donors (Lipinski definition) is 1. The lowest BCUT2D eigenvalue weighted by Crippen LogP contribution is -2.12. The van der Waals surface area contributed by atoms with E-state index >= 15 is 0 Å². The van der Waals surface area contributed by atoms with Crippen LogP contribution < -0.4 is 0 Å². The number of hydrogen-bond acceptors (Lipinski definition) is 1. The van der Waals surface area contributed by atoms with Crippen LogP contribution in [0.4, 0.5) is 4.39 Å². The van der Waals surface area contributed by atoms with Crippen molar-refractivity contribution in [3.63, 3.8) is 0 Å². The molecular formula is C5H5FO2. The maximum absolute atomic E-state index is 11.8. The molecule has 2 nitrogen and oxygen atoms in total. The van der Waals surface area contributed by atoms with Crippen LogP contribution >= 0.6 is 0 Å². The van der Waals surface area contributed by atoms with Gasteiger partial charge in [0.25, 0.3) is 0 Å². The van der Waals surface area contributed by atoms with Crippen molar-refractivity contribution in [3.8, 4) is 12.3 Å². The summed E-state index contributed by atoms with van der Waals surface area (Å²) >= 11 is 0. The van der Waals surface area contributed by atoms with E-state index in [1.165, 1.54) is 0 Å². The highest BCUT2D eigenvalue weighted by Crippen LogP contribution is 1.94. The van der Waals surface area contributed by atoms with Crippen molar-refractivity contribution >= 4 is 5.97 Å². The molecule has 44 valence electrons. The maximum Gasteiger partial charge on any atom is 0.339 e. The zero-order valence-electron chi connectivity index (χ0n) is 4.10. The Hall–Kier alpha value is -1.04. The van der Waals surface area contributed by atoms with Crippen LogP contribution in [0.2, 0.25) is 0 Å². The largest absolute Gasteiger partial charge is 0.479 e. The van der Waals surface area contributed by atoms with Crippen molar-refractivity contribution in [2.24, 2.45) is 0 Å². The molecule has 0 saturated carbocycles. The summed E-state index contributed by atoms with van der Waals surface area (Å²) in [6.45, 7) is 0. The first-order chi connectivity index (χ1) is 3.68. The fourth-order valence-corrected chi connectivity index (χ4v) is 0.191. The first-order valence-corrected chi connectivity index (χ1v) is 1.99. The summed E-state index contributed by atoms with van der Waals surface area (Å²) in [4.78, 5) is 9.62. The zero-order valence-corrected chi connectivity index (χ0v) is 4.10. The van der Waals surface area contributed by atoms with Gasteiger partial charge in [-0.2, -0.15) is 0 Å². The summed E-state index contributed by atoms with van der Waals surface area (Å²) in [6, 6.07) is 0. The SMILES string of the molecule is C#CC[C@H](F)C(=O)O. The van der Waals surface area contributed by atoms with Gasteiger partial charge >= 0.3 is 5.97 Å². The molecule has 0 radical (unpaired) electrons. The molecule has 0 saturated heterocycles. The molecule has 0 aliphatic rings. The Morgan fingerprint density at radius 2 is 2.50 bits per heavy atom. The summed E-state index contributed by atoms with van der Waals surface area (Å²) in [5.74, 6) is 0.396. The molecule has 0 amide bonds. The average molecular weight is 116 g/mol. The lowest BCUT2D eigenvalue weighted by atomic mass is 10.3. The van der Waals surface area contributed by atoms with Crippen LogP contribution in [0.5, 0.6) is 0 Å². The molecule has 3 heteroatoms. The monoisotopic (exact) mass is 116 g/mol. The van der Waals surface area contributed by atoms with Crippen molar-refractivity contribution < 1.29 is 14.3 Å². The van der Waals surface area contributed by atoms with E-state index in [0.29, 0.717) is 0 Å². The first-order valence-electron chi connectivity index (χ1n) is 1.99. The Labute approximate surface area is 46.3 Å². The van der Waals surface area contributed by atoms with Crippen molar-refractivity contribution in [3.05, 3.63) is 0 Å². The minimum Gasteiger partial charge on any atom is -0.479 e. The molecule has 0 aliphatic carbocycles. The highest BCUT2D eigenvalue weighted by Gasteiger charge is 2.12. The van der Waals surface area contributed by atoms with Crippen molar-refractivity contribution in [2.45, 2.75) is 12.6 Å². The molecule has 0 aliphatic heterocycles. The first kappa shape index (κ1) is 6.96. The van der Waals surface area contributed by atoms with E-state index in [2.05, 4.69) is 6.42 Å². The van der Waals surface area contributed by atoms with E-state index in [0.717, 1.165) is 0 Å². The fourth-order valence-electron chi connectivity index (χ4n) is 0.191. The number of terminal acetylenes is 1. The van der Waals surface area contributed by atoms with E-state index in [9.17, 15) is 9.18 Å². The van der Waals surface area contributed by atoms with Crippen LogP contribution in [0.15, 0.2) is 0 Å². The third-order valence-corrected chi connectivity index (χ3v) is 0.565. The molecule has 0 aromatic rings. The number of halogens is 1. The highest BCUT2D eigenvalue weighted by molar-refractivity contribution is 5.72. The number of carboxylic acid groups (broad SMARTS) is 1. The van der Waals surface area contributed by atoms with E-state index in [1.807, 2.05) is 5.92 Å². The standard InChI is InChI=1S/C5H5FO2/c1-2-3-4(6)5(7)8/h1,4H,3H2,(H,7,8)/t4-/m0/s1. The van der Waals surface area contributed by atoms with E-state index in [4.69, 9.17) is 5.11 Å². The topological polar surface area (TPSA) is 37.3 Å². The molecular weight excluding hydrogens is 111 g/mol. The number of alkyl halides is 1. The van der Waals surface area contributed by atoms with Crippen molar-refractivity contribution in [2.75, 3.05) is 0 Å². The number of aliphatic carboxylic acids is 1. The Morgan fingerprint density at radius 1 is 2.00 bits per heavy atom. The highest BCUT2D eigenvalue weighted by atomic mass is 19.1. The summed E-state index contributed by atoms with van der Waals surface area (Å²) < 4.78 is 11.8. The molecule has 0 unspecified atom stereocenters. The van der Waals surface area contributed by atoms with Gasteiger partial charge in [-0.25, -0.2) is 9.18 Å². The Kier molecular flexibility index (Phi) is 2.63. The van der Waals surface area contributed by atoms with Gasteiger partial charge in [0, 0.05) is 0 Å². The second kappa shape index (κ2) is 3.03. The van der Waals surface area contributed by atoms with Crippen molar-refractivity contribution in [1.29, 1.82) is 0 Å². The number of carboxylic acids is 1. The summed E-state index contributed by atoms with van der Waals surface area (Å²) in [5, 5.41) is 7.84. The van der Waals surface area contributed by atoms with Crippen molar-refractivity contribution in [1.82, 2.24) is 0 Å². The Morgan fingerprint density at radius 3 is 2.62 bits per heavy atom. The van der Waals surface area contributed by atoms with E-state index < -0.39 is 12.1 Å². The van der Waals surface area contributed by atoms with Gasteiger partial charge in [-0.3, -0.25) is 0 Å². The second-order valence-corrected chi connectivity index (χ2v) is 1.21. The van der Waals surface area contributed by atoms with Gasteiger partial charge in [0.1, 0.15) is 0 Å². The summed E-state index contributed by atoms with van der Waals surface area (Å²) in [7, 11) is 0. The van der Waals surface area contributed by atoms with Crippen LogP contribution in [0.1, 0.15) is 6.42 Å². The third kappa shape index (κ3) is 2.19. The van der Waals surface area contributed by atoms with Crippen LogP contribution in [-0.4, -0.2) is 17.2 Å². The summed E-state index contributed by atoms with van der Waals surface area (Å²) in [5.41, 5.74) is 0. The van der Waals surface area contributed by atoms with E-state index in [-0.39, 0.29) is 6.42 Å². The zero-order chi connectivity index (χ0) is 6.57. The lowest BCUT2D eigenvalue weighted by molar-refractivity contribution is -0.142. The van der Waals surface area contributed by atoms with E-state index in [1.54, 1.807) is 0 Å². The smallest absolute Gasteiger partial charge is 0.339 e. The number of carbonyl (C=O) groups is 1. The molecule has 0 heterocycles. The van der Waals surface area contributed by atoms with Gasteiger partial charge in [-0.15, -0.1) is 12.3 Å². The quantitative estimate of drug-likeness (QED) is 0.531. The predicted octanol–water partition coefficient (Wildman–Crippen LogP) is 0.432. The molecule has 8 heavy (non-hydrogen) atoms. The molecule has 0 aromatic heterocycles. The summed E-state index contributed by atoms with van der Waals surface area (Å²) in [6.07, 6.45) is 2.36. The van der Waals surface area contributed by atoms with Gasteiger partial charge in [0.2, 0.25) is 6.17 Å². The Balaban J connectivity index is 3.52. The molecule has 0 bridgehead atoms. The lowest BCUT2D eigenvalue weighted by Gasteiger charge is -1.92. The molecule has 0 fully saturated rings. The molecule has 0 aromatic carbocycles. The number of rotatable bonds is 2. The second-order valence-electron chi connectivity index (χ2n) is 1.21. The van der Waals surface area contributed by atoms with Crippen LogP contribution in [0.25, 0.3) is 0 Å². The van der Waals surface area contributed by atoms with Gasteiger partial charge in [0.05, 0.1) is 6.42 Å². The normalized spacial score (nSPS) is 12.0. The fraction of sp³-hybridized carbons (Fsp3) is 0.400. The van der Waals surface area contributed by atoms with Gasteiger partial charge < -0.3 is 5.11 Å². The minimum absolute atomic E-state index is 0.352. The van der Waals surface area contributed by atoms with Gasteiger partial charge in [-0.1, -0.05) is 0 Å². The third-order valence-electron chi connectivity index (χ3n) is 0.565. The van der Waals surface area contributed by atoms with Gasteiger partial charge in [-0.05, 0) is 0 Å². The minimum atomic E-state index is -1.90. The maximum atomic E-state index is 11.8. The van der Waals surface area contributed by atoms with Crippen LogP contribution in [-0.2, 0) is 4.79 Å². The average Bonchev–Trinajstić information content (AvgIpc) is 1.67. The molecule has 0 spiro atoms.